The van der Waals surface area contributed by atoms with Crippen LogP contribution in [-0.2, 0) is 4.74 Å². The van der Waals surface area contributed by atoms with Crippen LogP contribution >= 0.6 is 0 Å². The van der Waals surface area contributed by atoms with Crippen molar-refractivity contribution in [1.82, 2.24) is 15.3 Å². The van der Waals surface area contributed by atoms with Gasteiger partial charge in [-0.15, -0.1) is 0 Å². The van der Waals surface area contributed by atoms with E-state index in [0.717, 1.165) is 16.6 Å². The van der Waals surface area contributed by atoms with E-state index in [1.54, 1.807) is 19.4 Å². The molecule has 0 saturated heterocycles. The maximum Gasteiger partial charge on any atom is 0.251 e. The Morgan fingerprint density at radius 2 is 2.23 bits per heavy atom. The van der Waals surface area contributed by atoms with Gasteiger partial charge >= 0.3 is 0 Å². The molecule has 0 fully saturated rings. The molecule has 1 amide bonds. The van der Waals surface area contributed by atoms with Crippen molar-refractivity contribution in [3.05, 3.63) is 66.1 Å². The smallest absolute Gasteiger partial charge is 0.251 e. The third-order valence-corrected chi connectivity index (χ3v) is 3.50. The maximum atomic E-state index is 12.5. The number of nitrogens with zero attached hydrogens (tertiary/aromatic N) is 1. The van der Waals surface area contributed by atoms with E-state index in [-0.39, 0.29) is 11.9 Å². The van der Waals surface area contributed by atoms with Crippen LogP contribution in [0.4, 0.5) is 0 Å². The number of hydrogen-bond donors (Lipinski definition) is 2. The third kappa shape index (κ3) is 2.99. The van der Waals surface area contributed by atoms with Crippen molar-refractivity contribution in [2.24, 2.45) is 0 Å². The summed E-state index contributed by atoms with van der Waals surface area (Å²) in [6.45, 7) is 0.370. The molecular formula is C17H17N3O2. The van der Waals surface area contributed by atoms with Crippen molar-refractivity contribution in [3.63, 3.8) is 0 Å². The van der Waals surface area contributed by atoms with Crippen molar-refractivity contribution in [3.8, 4) is 0 Å². The molecule has 5 nitrogen and oxygen atoms in total. The molecule has 0 spiro atoms. The number of pyridine rings is 1. The Labute approximate surface area is 128 Å². The minimum atomic E-state index is -0.277. The number of methoxy groups -OCH3 is 1. The summed E-state index contributed by atoms with van der Waals surface area (Å²) in [6.07, 6.45) is 3.56. The Balaban J connectivity index is 1.81. The van der Waals surface area contributed by atoms with Crippen LogP contribution in [0.15, 0.2) is 54.9 Å². The van der Waals surface area contributed by atoms with Gasteiger partial charge in [0.15, 0.2) is 0 Å². The first-order valence-corrected chi connectivity index (χ1v) is 7.06. The van der Waals surface area contributed by atoms with Crippen LogP contribution in [-0.4, -0.2) is 29.6 Å². The Morgan fingerprint density at radius 1 is 1.32 bits per heavy atom. The number of aromatic nitrogens is 2. The maximum absolute atomic E-state index is 12.5. The van der Waals surface area contributed by atoms with Crippen LogP contribution in [0.5, 0.6) is 0 Å². The van der Waals surface area contributed by atoms with Gasteiger partial charge < -0.3 is 15.0 Å². The molecule has 2 N–H and O–H groups in total. The summed E-state index contributed by atoms with van der Waals surface area (Å²) in [6, 6.07) is 12.8. The molecule has 22 heavy (non-hydrogen) atoms. The molecule has 2 heterocycles. The van der Waals surface area contributed by atoms with Crippen LogP contribution in [0.25, 0.3) is 10.9 Å². The first-order valence-electron chi connectivity index (χ1n) is 7.06. The molecule has 3 rings (SSSR count). The second kappa shape index (κ2) is 6.41. The summed E-state index contributed by atoms with van der Waals surface area (Å²) in [4.78, 5) is 19.9. The molecule has 0 unspecified atom stereocenters. The molecule has 0 saturated carbocycles. The Hall–Kier alpha value is -2.66. The van der Waals surface area contributed by atoms with Gasteiger partial charge in [-0.3, -0.25) is 9.78 Å². The van der Waals surface area contributed by atoms with Crippen molar-refractivity contribution in [1.29, 1.82) is 0 Å². The third-order valence-electron chi connectivity index (χ3n) is 3.50. The molecule has 1 aromatic carbocycles. The Kier molecular flexibility index (Phi) is 4.16. The van der Waals surface area contributed by atoms with Crippen LogP contribution < -0.4 is 5.32 Å². The average molecular weight is 295 g/mol. The summed E-state index contributed by atoms with van der Waals surface area (Å²) in [5.74, 6) is -0.143. The van der Waals surface area contributed by atoms with Crippen molar-refractivity contribution < 1.29 is 9.53 Å². The van der Waals surface area contributed by atoms with Gasteiger partial charge in [0, 0.05) is 36.0 Å². The standard InChI is InChI=1S/C17H17N3O2/c1-22-11-16(15-4-2-3-8-18-15)20-17(21)13-5-6-14-12(10-13)7-9-19-14/h2-10,16,19H,11H2,1H3,(H,20,21)/t16-/m0/s1. The zero-order valence-electron chi connectivity index (χ0n) is 12.2. The number of H-pyrrole nitrogens is 1. The van der Waals surface area contributed by atoms with Crippen molar-refractivity contribution >= 4 is 16.8 Å². The average Bonchev–Trinajstić information content (AvgIpc) is 3.02. The molecule has 0 bridgehead atoms. The number of hydrogen-bond acceptors (Lipinski definition) is 3. The van der Waals surface area contributed by atoms with Gasteiger partial charge in [0.05, 0.1) is 18.3 Å². The lowest BCUT2D eigenvalue weighted by Crippen LogP contribution is -2.31. The van der Waals surface area contributed by atoms with Crippen LogP contribution in [0.2, 0.25) is 0 Å². The van der Waals surface area contributed by atoms with Gasteiger partial charge in [0.1, 0.15) is 0 Å². The molecular weight excluding hydrogens is 278 g/mol. The molecule has 112 valence electrons. The lowest BCUT2D eigenvalue weighted by molar-refractivity contribution is 0.0894. The second-order valence-electron chi connectivity index (χ2n) is 5.02. The van der Waals surface area contributed by atoms with Gasteiger partial charge in [-0.1, -0.05) is 6.07 Å². The monoisotopic (exact) mass is 295 g/mol. The highest BCUT2D eigenvalue weighted by atomic mass is 16.5. The molecule has 0 aliphatic heterocycles. The predicted octanol–water partition coefficient (Wildman–Crippen LogP) is 2.68. The van der Waals surface area contributed by atoms with Gasteiger partial charge in [-0.05, 0) is 36.4 Å². The molecule has 0 aliphatic rings. The van der Waals surface area contributed by atoms with Crippen LogP contribution in [0.1, 0.15) is 22.1 Å². The van der Waals surface area contributed by atoms with Crippen LogP contribution in [0, 0.1) is 0 Å². The molecule has 3 aromatic rings. The number of aromatic amines is 1. The number of rotatable bonds is 5. The summed E-state index contributed by atoms with van der Waals surface area (Å²) in [7, 11) is 1.61. The molecule has 0 radical (unpaired) electrons. The lowest BCUT2D eigenvalue weighted by atomic mass is 10.1. The number of nitrogens with one attached hydrogen (secondary N) is 2. The largest absolute Gasteiger partial charge is 0.382 e. The van der Waals surface area contributed by atoms with Gasteiger partial charge in [-0.25, -0.2) is 0 Å². The number of carbonyl (C=O) groups excluding carboxylic acids is 1. The van der Waals surface area contributed by atoms with Gasteiger partial charge in [0.25, 0.3) is 5.91 Å². The topological polar surface area (TPSA) is 67.0 Å². The zero-order chi connectivity index (χ0) is 15.4. The molecule has 5 heteroatoms. The van der Waals surface area contributed by atoms with Crippen LogP contribution in [0.3, 0.4) is 0 Å². The van der Waals surface area contributed by atoms with Crippen molar-refractivity contribution in [2.45, 2.75) is 6.04 Å². The van der Waals surface area contributed by atoms with E-state index in [9.17, 15) is 4.79 Å². The second-order valence-corrected chi connectivity index (χ2v) is 5.02. The van der Waals surface area contributed by atoms with Crippen molar-refractivity contribution in [2.75, 3.05) is 13.7 Å². The Bertz CT molecular complexity index is 768. The van der Waals surface area contributed by atoms with Gasteiger partial charge in [0.2, 0.25) is 0 Å². The fraction of sp³-hybridized carbons (Fsp3) is 0.176. The number of carbonyl (C=O) groups is 1. The molecule has 1 atom stereocenters. The van der Waals surface area contributed by atoms with E-state index in [4.69, 9.17) is 4.74 Å². The summed E-state index contributed by atoms with van der Waals surface area (Å²) in [5.41, 5.74) is 2.40. The first-order chi connectivity index (χ1) is 10.8. The van der Waals surface area contributed by atoms with E-state index >= 15 is 0 Å². The highest BCUT2D eigenvalue weighted by Gasteiger charge is 2.17. The van der Waals surface area contributed by atoms with E-state index in [1.165, 1.54) is 0 Å². The van der Waals surface area contributed by atoms with E-state index in [0.29, 0.717) is 12.2 Å². The fourth-order valence-electron chi connectivity index (χ4n) is 2.39. The predicted molar refractivity (Wildman–Crippen MR) is 84.6 cm³/mol. The minimum absolute atomic E-state index is 0.143. The minimum Gasteiger partial charge on any atom is -0.382 e. The van der Waals surface area contributed by atoms with Gasteiger partial charge in [-0.2, -0.15) is 0 Å². The summed E-state index contributed by atoms with van der Waals surface area (Å²) >= 11 is 0. The summed E-state index contributed by atoms with van der Waals surface area (Å²) < 4.78 is 5.19. The van der Waals surface area contributed by atoms with E-state index in [1.807, 2.05) is 42.6 Å². The highest BCUT2D eigenvalue weighted by molar-refractivity contribution is 5.98. The summed E-state index contributed by atoms with van der Waals surface area (Å²) in [5, 5.41) is 3.98. The quantitative estimate of drug-likeness (QED) is 0.760. The van der Waals surface area contributed by atoms with E-state index < -0.39 is 0 Å². The SMILES string of the molecule is COC[C@H](NC(=O)c1ccc2[nH]ccc2c1)c1ccccn1. The molecule has 2 aromatic heterocycles. The van der Waals surface area contributed by atoms with E-state index in [2.05, 4.69) is 15.3 Å². The highest BCUT2D eigenvalue weighted by Crippen LogP contribution is 2.16. The Morgan fingerprint density at radius 3 is 3.00 bits per heavy atom. The number of amides is 1. The number of ether oxygens (including phenoxy) is 1. The molecule has 0 aliphatic carbocycles. The lowest BCUT2D eigenvalue weighted by Gasteiger charge is -2.17. The zero-order valence-corrected chi connectivity index (χ0v) is 12.2. The number of fused-ring (bicyclic) bond motifs is 1. The fourth-order valence-corrected chi connectivity index (χ4v) is 2.39. The normalized spacial score (nSPS) is 12.2. The first kappa shape index (κ1) is 14.3. The number of benzene rings is 1.